The predicted octanol–water partition coefficient (Wildman–Crippen LogP) is 1.14. The van der Waals surface area contributed by atoms with Crippen molar-refractivity contribution in [2.24, 2.45) is 5.92 Å². The van der Waals surface area contributed by atoms with Crippen molar-refractivity contribution >= 4 is 11.6 Å². The number of pyridine rings is 1. The number of carbonyl (C=O) groups is 1. The number of aromatic nitrogens is 1. The molecule has 0 aliphatic rings. The molecule has 1 heterocycles. The minimum Gasteiger partial charge on any atom is -0.387 e. The van der Waals surface area contributed by atoms with E-state index in [9.17, 15) is 4.79 Å². The maximum Gasteiger partial charge on any atom is 0.254 e. The molecule has 1 rings (SSSR count). The first-order chi connectivity index (χ1) is 8.19. The van der Waals surface area contributed by atoms with Crippen LogP contribution in [0.5, 0.6) is 0 Å². The molecule has 94 valence electrons. The van der Waals surface area contributed by atoms with E-state index < -0.39 is 0 Å². The highest BCUT2D eigenvalue weighted by atomic mass is 16.5. The molecule has 1 aromatic heterocycles. The molecule has 0 aromatic carbocycles. The van der Waals surface area contributed by atoms with Gasteiger partial charge >= 0.3 is 0 Å². The molecule has 2 N–H and O–H groups in total. The van der Waals surface area contributed by atoms with Crippen LogP contribution in [0.2, 0.25) is 0 Å². The molecule has 0 saturated carbocycles. The molecule has 1 unspecified atom stereocenters. The molecule has 0 saturated heterocycles. The fraction of sp³-hybridized carbons (Fsp3) is 0.500. The summed E-state index contributed by atoms with van der Waals surface area (Å²) in [5.74, 6) is 0.170. The fourth-order valence-electron chi connectivity index (χ4n) is 1.50. The molecule has 0 aliphatic heterocycles. The number of hydrogen-bond donors (Lipinski definition) is 2. The lowest BCUT2D eigenvalue weighted by Gasteiger charge is -2.13. The van der Waals surface area contributed by atoms with Crippen LogP contribution in [0.4, 0.5) is 5.69 Å². The summed E-state index contributed by atoms with van der Waals surface area (Å²) in [5.41, 5.74) is 1.33. The Kier molecular flexibility index (Phi) is 5.42. The quantitative estimate of drug-likeness (QED) is 0.778. The summed E-state index contributed by atoms with van der Waals surface area (Å²) < 4.78 is 5.01. The Balaban J connectivity index is 2.58. The number of carbonyl (C=O) groups excluding carboxylic acids is 1. The van der Waals surface area contributed by atoms with E-state index in [1.54, 1.807) is 32.6 Å². The molecule has 0 aliphatic carbocycles. The highest BCUT2D eigenvalue weighted by Gasteiger charge is 2.11. The maximum atomic E-state index is 11.9. The van der Waals surface area contributed by atoms with Crippen LogP contribution in [0, 0.1) is 5.92 Å². The normalized spacial score (nSPS) is 11.9. The van der Waals surface area contributed by atoms with Crippen molar-refractivity contribution in [1.29, 1.82) is 0 Å². The third-order valence-electron chi connectivity index (χ3n) is 2.40. The number of nitrogens with one attached hydrogen (secondary N) is 2. The van der Waals surface area contributed by atoms with Gasteiger partial charge in [0.15, 0.2) is 0 Å². The first-order valence-electron chi connectivity index (χ1n) is 5.58. The molecular weight excluding hydrogens is 218 g/mol. The molecule has 1 aromatic rings. The lowest BCUT2D eigenvalue weighted by molar-refractivity contribution is 0.0934. The minimum absolute atomic E-state index is 0.120. The van der Waals surface area contributed by atoms with E-state index in [-0.39, 0.29) is 5.91 Å². The average Bonchev–Trinajstić information content (AvgIpc) is 2.36. The zero-order chi connectivity index (χ0) is 12.7. The van der Waals surface area contributed by atoms with Gasteiger partial charge in [0, 0.05) is 38.8 Å². The topological polar surface area (TPSA) is 63.2 Å². The van der Waals surface area contributed by atoms with Gasteiger partial charge in [-0.1, -0.05) is 6.92 Å². The number of rotatable bonds is 6. The summed E-state index contributed by atoms with van der Waals surface area (Å²) in [4.78, 5) is 15.9. The second-order valence-electron chi connectivity index (χ2n) is 3.94. The summed E-state index contributed by atoms with van der Waals surface area (Å²) >= 11 is 0. The van der Waals surface area contributed by atoms with Gasteiger partial charge in [-0.05, 0) is 12.0 Å². The highest BCUT2D eigenvalue weighted by molar-refractivity contribution is 5.99. The summed E-state index contributed by atoms with van der Waals surface area (Å²) in [5, 5.41) is 5.82. The smallest absolute Gasteiger partial charge is 0.254 e. The van der Waals surface area contributed by atoms with Crippen molar-refractivity contribution in [2.45, 2.75) is 6.92 Å². The van der Waals surface area contributed by atoms with Crippen LogP contribution in [-0.4, -0.2) is 38.2 Å². The Morgan fingerprint density at radius 1 is 1.59 bits per heavy atom. The summed E-state index contributed by atoms with van der Waals surface area (Å²) in [6.45, 7) is 3.24. The van der Waals surface area contributed by atoms with Gasteiger partial charge in [0.2, 0.25) is 0 Å². The van der Waals surface area contributed by atoms with Gasteiger partial charge in [-0.25, -0.2) is 0 Å². The van der Waals surface area contributed by atoms with Crippen molar-refractivity contribution in [3.63, 3.8) is 0 Å². The molecule has 0 radical (unpaired) electrons. The zero-order valence-electron chi connectivity index (χ0n) is 10.5. The maximum absolute atomic E-state index is 11.9. The summed E-state index contributed by atoms with van der Waals surface area (Å²) in [6.07, 6.45) is 3.21. The molecule has 1 atom stereocenters. The van der Waals surface area contributed by atoms with Gasteiger partial charge in [-0.3, -0.25) is 9.78 Å². The first kappa shape index (κ1) is 13.4. The van der Waals surface area contributed by atoms with Crippen molar-refractivity contribution < 1.29 is 9.53 Å². The lowest BCUT2D eigenvalue weighted by Crippen LogP contribution is -2.30. The zero-order valence-corrected chi connectivity index (χ0v) is 10.5. The van der Waals surface area contributed by atoms with Gasteiger partial charge in [-0.2, -0.15) is 0 Å². The summed E-state index contributed by atoms with van der Waals surface area (Å²) in [7, 11) is 3.43. The van der Waals surface area contributed by atoms with Crippen LogP contribution in [0.25, 0.3) is 0 Å². The lowest BCUT2D eigenvalue weighted by atomic mass is 10.2. The van der Waals surface area contributed by atoms with Crippen molar-refractivity contribution in [2.75, 3.05) is 32.6 Å². The minimum atomic E-state index is -0.120. The number of amides is 1. The Labute approximate surface area is 102 Å². The molecule has 1 amide bonds. The van der Waals surface area contributed by atoms with Crippen LogP contribution < -0.4 is 10.6 Å². The van der Waals surface area contributed by atoms with Crippen LogP contribution in [0.3, 0.4) is 0 Å². The third-order valence-corrected chi connectivity index (χ3v) is 2.40. The van der Waals surface area contributed by atoms with E-state index >= 15 is 0 Å². The first-order valence-corrected chi connectivity index (χ1v) is 5.58. The van der Waals surface area contributed by atoms with Crippen LogP contribution in [-0.2, 0) is 4.74 Å². The van der Waals surface area contributed by atoms with Crippen LogP contribution in [0.1, 0.15) is 17.3 Å². The Morgan fingerprint density at radius 3 is 3.00 bits per heavy atom. The van der Waals surface area contributed by atoms with E-state index in [1.807, 2.05) is 6.92 Å². The van der Waals surface area contributed by atoms with E-state index in [1.165, 1.54) is 0 Å². The third kappa shape index (κ3) is 4.03. The van der Waals surface area contributed by atoms with Gasteiger partial charge < -0.3 is 15.4 Å². The van der Waals surface area contributed by atoms with Gasteiger partial charge in [0.25, 0.3) is 5.91 Å². The number of anilines is 1. The molecule has 0 spiro atoms. The predicted molar refractivity (Wildman–Crippen MR) is 67.2 cm³/mol. The second-order valence-corrected chi connectivity index (χ2v) is 3.94. The van der Waals surface area contributed by atoms with Crippen molar-refractivity contribution in [3.05, 3.63) is 24.0 Å². The number of hydrogen-bond acceptors (Lipinski definition) is 4. The van der Waals surface area contributed by atoms with Gasteiger partial charge in [0.05, 0.1) is 12.2 Å². The molecule has 5 nitrogen and oxygen atoms in total. The number of nitrogens with zero attached hydrogens (tertiary/aromatic N) is 1. The molecular formula is C12H19N3O2. The Bertz CT molecular complexity index is 369. The standard InChI is InChI=1S/C12H19N3O2/c1-9(8-17-3)6-15-12(16)10-7-14-5-4-11(10)13-2/h4-5,7,9H,6,8H2,1-3H3,(H,13,14)(H,15,16). The van der Waals surface area contributed by atoms with Crippen LogP contribution in [0.15, 0.2) is 18.5 Å². The van der Waals surface area contributed by atoms with Crippen molar-refractivity contribution in [1.82, 2.24) is 10.3 Å². The summed E-state index contributed by atoms with van der Waals surface area (Å²) in [6, 6.07) is 1.77. The second kappa shape index (κ2) is 6.85. The number of ether oxygens (including phenoxy) is 1. The van der Waals surface area contributed by atoms with Gasteiger partial charge in [0.1, 0.15) is 0 Å². The van der Waals surface area contributed by atoms with E-state index in [4.69, 9.17) is 4.74 Å². The average molecular weight is 237 g/mol. The highest BCUT2D eigenvalue weighted by Crippen LogP contribution is 2.12. The monoisotopic (exact) mass is 237 g/mol. The van der Waals surface area contributed by atoms with E-state index in [2.05, 4.69) is 15.6 Å². The molecule has 0 bridgehead atoms. The molecule has 0 fully saturated rings. The van der Waals surface area contributed by atoms with Gasteiger partial charge in [-0.15, -0.1) is 0 Å². The van der Waals surface area contributed by atoms with Crippen molar-refractivity contribution in [3.8, 4) is 0 Å². The largest absolute Gasteiger partial charge is 0.387 e. The number of methoxy groups -OCH3 is 1. The SMILES string of the molecule is CNc1ccncc1C(=O)NCC(C)COC. The van der Waals surface area contributed by atoms with E-state index in [0.717, 1.165) is 5.69 Å². The Hall–Kier alpha value is -1.62. The molecule has 17 heavy (non-hydrogen) atoms. The van der Waals surface area contributed by atoms with Crippen LogP contribution >= 0.6 is 0 Å². The van der Waals surface area contributed by atoms with E-state index in [0.29, 0.717) is 24.6 Å². The molecule has 5 heteroatoms. The Morgan fingerprint density at radius 2 is 2.35 bits per heavy atom. The fourth-order valence-corrected chi connectivity index (χ4v) is 1.50.